The fourth-order valence-electron chi connectivity index (χ4n) is 0.894. The van der Waals surface area contributed by atoms with Crippen molar-refractivity contribution in [1.82, 2.24) is 16.0 Å². The van der Waals surface area contributed by atoms with Gasteiger partial charge in [0.25, 0.3) is 0 Å². The van der Waals surface area contributed by atoms with Crippen LogP contribution >= 0.6 is 12.4 Å². The minimum Gasteiger partial charge on any atom is -0.383 e. The first-order valence-corrected chi connectivity index (χ1v) is 4.07. The van der Waals surface area contributed by atoms with Crippen molar-refractivity contribution in [3.8, 4) is 0 Å². The molecule has 6 heteroatoms. The maximum atomic E-state index is 11.0. The molecule has 0 unspecified atom stereocenters. The summed E-state index contributed by atoms with van der Waals surface area (Å²) in [6.45, 7) is 2.86. The summed E-state index contributed by atoms with van der Waals surface area (Å²) in [6.07, 6.45) is 0. The molecular weight excluding hydrogens is 194 g/mol. The summed E-state index contributed by atoms with van der Waals surface area (Å²) in [4.78, 5) is 11.0. The SMILES string of the molecule is COCCNC(=O)NC1CNC1.Cl. The van der Waals surface area contributed by atoms with Crippen LogP contribution in [0.1, 0.15) is 0 Å². The molecule has 0 saturated carbocycles. The van der Waals surface area contributed by atoms with E-state index in [1.807, 2.05) is 0 Å². The van der Waals surface area contributed by atoms with Crippen LogP contribution in [0.5, 0.6) is 0 Å². The Morgan fingerprint density at radius 3 is 2.77 bits per heavy atom. The Bertz CT molecular complexity index is 153. The molecule has 1 heterocycles. The zero-order valence-corrected chi connectivity index (χ0v) is 8.45. The van der Waals surface area contributed by atoms with Gasteiger partial charge in [-0.3, -0.25) is 0 Å². The van der Waals surface area contributed by atoms with Gasteiger partial charge in [-0.1, -0.05) is 0 Å². The summed E-state index contributed by atoms with van der Waals surface area (Å²) in [5.41, 5.74) is 0. The third-order valence-electron chi connectivity index (χ3n) is 1.71. The van der Waals surface area contributed by atoms with Crippen LogP contribution < -0.4 is 16.0 Å². The molecule has 0 atom stereocenters. The van der Waals surface area contributed by atoms with Gasteiger partial charge in [0.05, 0.1) is 12.6 Å². The van der Waals surface area contributed by atoms with Crippen molar-refractivity contribution in [3.05, 3.63) is 0 Å². The lowest BCUT2D eigenvalue weighted by Gasteiger charge is -2.27. The van der Waals surface area contributed by atoms with Gasteiger partial charge in [0.15, 0.2) is 0 Å². The number of hydrogen-bond donors (Lipinski definition) is 3. The van der Waals surface area contributed by atoms with Crippen LogP contribution in [0, 0.1) is 0 Å². The lowest BCUT2D eigenvalue weighted by Crippen LogP contribution is -2.58. The van der Waals surface area contributed by atoms with Crippen molar-refractivity contribution in [2.45, 2.75) is 6.04 Å². The Kier molecular flexibility index (Phi) is 6.66. The van der Waals surface area contributed by atoms with E-state index < -0.39 is 0 Å². The highest BCUT2D eigenvalue weighted by Gasteiger charge is 2.17. The monoisotopic (exact) mass is 209 g/mol. The van der Waals surface area contributed by atoms with Gasteiger partial charge in [-0.05, 0) is 0 Å². The van der Waals surface area contributed by atoms with E-state index in [4.69, 9.17) is 4.74 Å². The van der Waals surface area contributed by atoms with Crippen LogP contribution in [0.3, 0.4) is 0 Å². The van der Waals surface area contributed by atoms with Gasteiger partial charge in [-0.15, -0.1) is 12.4 Å². The quantitative estimate of drug-likeness (QED) is 0.538. The van der Waals surface area contributed by atoms with Crippen LogP contribution in [-0.4, -0.2) is 45.4 Å². The van der Waals surface area contributed by atoms with Gasteiger partial charge in [0.2, 0.25) is 0 Å². The molecule has 1 aliphatic heterocycles. The molecule has 1 rings (SSSR count). The lowest BCUT2D eigenvalue weighted by molar-refractivity contribution is 0.194. The van der Waals surface area contributed by atoms with E-state index in [2.05, 4.69) is 16.0 Å². The summed E-state index contributed by atoms with van der Waals surface area (Å²) >= 11 is 0. The third kappa shape index (κ3) is 4.92. The Balaban J connectivity index is 0.00000144. The van der Waals surface area contributed by atoms with Crippen molar-refractivity contribution in [3.63, 3.8) is 0 Å². The molecule has 0 aromatic heterocycles. The second-order valence-corrected chi connectivity index (χ2v) is 2.75. The van der Waals surface area contributed by atoms with Crippen LogP contribution in [0.15, 0.2) is 0 Å². The smallest absolute Gasteiger partial charge is 0.315 e. The number of urea groups is 1. The molecule has 0 aromatic carbocycles. The number of hydrogen-bond acceptors (Lipinski definition) is 3. The highest BCUT2D eigenvalue weighted by atomic mass is 35.5. The number of carbonyl (C=O) groups is 1. The topological polar surface area (TPSA) is 62.4 Å². The highest BCUT2D eigenvalue weighted by Crippen LogP contribution is 1.88. The van der Waals surface area contributed by atoms with Crippen molar-refractivity contribution in [2.75, 3.05) is 33.4 Å². The Morgan fingerprint density at radius 2 is 2.31 bits per heavy atom. The van der Waals surface area contributed by atoms with E-state index in [9.17, 15) is 4.79 Å². The molecule has 2 amide bonds. The van der Waals surface area contributed by atoms with Gasteiger partial charge >= 0.3 is 6.03 Å². The van der Waals surface area contributed by atoms with Gasteiger partial charge in [-0.25, -0.2) is 4.79 Å². The average molecular weight is 210 g/mol. The summed E-state index contributed by atoms with van der Waals surface area (Å²) in [7, 11) is 1.61. The molecule has 1 saturated heterocycles. The maximum Gasteiger partial charge on any atom is 0.315 e. The maximum absolute atomic E-state index is 11.0. The summed E-state index contributed by atoms with van der Waals surface area (Å²) in [5.74, 6) is 0. The molecular formula is C7H16ClN3O2. The molecule has 1 aliphatic rings. The van der Waals surface area contributed by atoms with E-state index in [-0.39, 0.29) is 18.4 Å². The van der Waals surface area contributed by atoms with Gasteiger partial charge in [0.1, 0.15) is 0 Å². The van der Waals surface area contributed by atoms with E-state index in [1.54, 1.807) is 7.11 Å². The molecule has 0 bridgehead atoms. The van der Waals surface area contributed by atoms with Crippen molar-refractivity contribution < 1.29 is 9.53 Å². The number of nitrogens with one attached hydrogen (secondary N) is 3. The first-order valence-electron chi connectivity index (χ1n) is 4.07. The molecule has 0 aliphatic carbocycles. The number of amides is 2. The Morgan fingerprint density at radius 1 is 1.62 bits per heavy atom. The van der Waals surface area contributed by atoms with Gasteiger partial charge in [-0.2, -0.15) is 0 Å². The van der Waals surface area contributed by atoms with Crippen molar-refractivity contribution >= 4 is 18.4 Å². The normalized spacial score (nSPS) is 15.5. The van der Waals surface area contributed by atoms with Crippen LogP contribution in [0.4, 0.5) is 4.79 Å². The molecule has 5 nitrogen and oxygen atoms in total. The minimum atomic E-state index is -0.112. The fraction of sp³-hybridized carbons (Fsp3) is 0.857. The van der Waals surface area contributed by atoms with Crippen LogP contribution in [0.25, 0.3) is 0 Å². The standard InChI is InChI=1S/C7H15N3O2.ClH/c1-12-3-2-9-7(11)10-6-4-8-5-6;/h6,8H,2-5H2,1H3,(H2,9,10,11);1H. The second-order valence-electron chi connectivity index (χ2n) is 2.75. The predicted molar refractivity (Wildman–Crippen MR) is 52.3 cm³/mol. The van der Waals surface area contributed by atoms with Crippen molar-refractivity contribution in [2.24, 2.45) is 0 Å². The molecule has 0 radical (unpaired) electrons. The molecule has 78 valence electrons. The third-order valence-corrected chi connectivity index (χ3v) is 1.71. The molecule has 3 N–H and O–H groups in total. The largest absolute Gasteiger partial charge is 0.383 e. The number of carbonyl (C=O) groups excluding carboxylic acids is 1. The van der Waals surface area contributed by atoms with E-state index in [0.717, 1.165) is 13.1 Å². The number of ether oxygens (including phenoxy) is 1. The highest BCUT2D eigenvalue weighted by molar-refractivity contribution is 5.85. The predicted octanol–water partition coefficient (Wildman–Crippen LogP) is -0.674. The summed E-state index contributed by atoms with van der Waals surface area (Å²) in [5, 5.41) is 8.55. The Labute approximate surface area is 84.0 Å². The first kappa shape index (κ1) is 12.5. The Hall–Kier alpha value is -0.520. The van der Waals surface area contributed by atoms with Crippen LogP contribution in [-0.2, 0) is 4.74 Å². The molecule has 0 spiro atoms. The minimum absolute atomic E-state index is 0. The van der Waals surface area contributed by atoms with Gasteiger partial charge in [0, 0.05) is 26.7 Å². The van der Waals surface area contributed by atoms with Gasteiger partial charge < -0.3 is 20.7 Å². The zero-order valence-electron chi connectivity index (χ0n) is 7.63. The van der Waals surface area contributed by atoms with E-state index in [1.165, 1.54) is 0 Å². The molecule has 1 fully saturated rings. The fourth-order valence-corrected chi connectivity index (χ4v) is 0.894. The van der Waals surface area contributed by atoms with E-state index >= 15 is 0 Å². The first-order chi connectivity index (χ1) is 5.83. The number of methoxy groups -OCH3 is 1. The van der Waals surface area contributed by atoms with Crippen LogP contribution in [0.2, 0.25) is 0 Å². The molecule has 0 aromatic rings. The number of rotatable bonds is 4. The lowest BCUT2D eigenvalue weighted by atomic mass is 10.2. The average Bonchev–Trinajstić information content (AvgIpc) is 1.98. The van der Waals surface area contributed by atoms with E-state index in [0.29, 0.717) is 19.2 Å². The summed E-state index contributed by atoms with van der Waals surface area (Å²) in [6, 6.07) is 0.186. The summed E-state index contributed by atoms with van der Waals surface area (Å²) < 4.78 is 4.78. The van der Waals surface area contributed by atoms with Crippen molar-refractivity contribution in [1.29, 1.82) is 0 Å². The second kappa shape index (κ2) is 6.94. The number of halogens is 1. The molecule has 13 heavy (non-hydrogen) atoms. The zero-order chi connectivity index (χ0) is 8.81.